The standard InChI is InChI=1S/C17H15NO4S/c1-12-8-9-16(15-7-4-10-18-17(12)15)23(19,20)22-14-6-3-5-13(11-14)21-2/h3-11H,1-2H3. The van der Waals surface area contributed by atoms with Gasteiger partial charge in [-0.05, 0) is 42.8 Å². The molecule has 0 aliphatic rings. The molecule has 5 nitrogen and oxygen atoms in total. The van der Waals surface area contributed by atoms with Crippen LogP contribution in [0, 0.1) is 6.92 Å². The Balaban J connectivity index is 2.08. The number of pyridine rings is 1. The largest absolute Gasteiger partial charge is 0.497 e. The first kappa shape index (κ1) is 15.3. The van der Waals surface area contributed by atoms with Gasteiger partial charge in [-0.1, -0.05) is 12.1 Å². The van der Waals surface area contributed by atoms with Gasteiger partial charge in [0.15, 0.2) is 0 Å². The molecule has 118 valence electrons. The lowest BCUT2D eigenvalue weighted by Gasteiger charge is -2.11. The lowest BCUT2D eigenvalue weighted by molar-refractivity contribution is 0.411. The van der Waals surface area contributed by atoms with Gasteiger partial charge in [-0.15, -0.1) is 0 Å². The summed E-state index contributed by atoms with van der Waals surface area (Å²) in [6.07, 6.45) is 1.63. The zero-order valence-electron chi connectivity index (χ0n) is 12.7. The van der Waals surface area contributed by atoms with Crippen molar-refractivity contribution in [3.8, 4) is 11.5 Å². The van der Waals surface area contributed by atoms with Gasteiger partial charge in [-0.25, -0.2) is 0 Å². The predicted octanol–water partition coefficient (Wildman–Crippen LogP) is 3.32. The Labute approximate surface area is 134 Å². The van der Waals surface area contributed by atoms with Gasteiger partial charge in [0.1, 0.15) is 16.4 Å². The number of hydrogen-bond donors (Lipinski definition) is 0. The molecular weight excluding hydrogens is 314 g/mol. The zero-order chi connectivity index (χ0) is 16.4. The maximum Gasteiger partial charge on any atom is 0.339 e. The summed E-state index contributed by atoms with van der Waals surface area (Å²) in [6, 6.07) is 13.1. The summed E-state index contributed by atoms with van der Waals surface area (Å²) >= 11 is 0. The van der Waals surface area contributed by atoms with Crippen molar-refractivity contribution in [1.29, 1.82) is 0 Å². The summed E-state index contributed by atoms with van der Waals surface area (Å²) in [5, 5.41) is 0.537. The lowest BCUT2D eigenvalue weighted by atomic mass is 10.1. The number of aromatic nitrogens is 1. The van der Waals surface area contributed by atoms with Gasteiger partial charge in [0.05, 0.1) is 12.6 Å². The van der Waals surface area contributed by atoms with Gasteiger partial charge in [-0.2, -0.15) is 8.42 Å². The maximum absolute atomic E-state index is 12.6. The Kier molecular flexibility index (Phi) is 3.92. The molecule has 0 radical (unpaired) electrons. The molecular formula is C17H15NO4S. The van der Waals surface area contributed by atoms with Gasteiger partial charge in [0.25, 0.3) is 0 Å². The molecule has 6 heteroatoms. The fraction of sp³-hybridized carbons (Fsp3) is 0.118. The van der Waals surface area contributed by atoms with Crippen molar-refractivity contribution in [2.45, 2.75) is 11.8 Å². The van der Waals surface area contributed by atoms with Crippen LogP contribution in [0.15, 0.2) is 59.6 Å². The average Bonchev–Trinajstić information content (AvgIpc) is 2.55. The Hall–Kier alpha value is -2.60. The highest BCUT2D eigenvalue weighted by molar-refractivity contribution is 7.87. The number of benzene rings is 2. The highest BCUT2D eigenvalue weighted by atomic mass is 32.2. The van der Waals surface area contributed by atoms with E-state index in [0.29, 0.717) is 16.7 Å². The highest BCUT2D eigenvalue weighted by Gasteiger charge is 2.21. The summed E-state index contributed by atoms with van der Waals surface area (Å²) < 4.78 is 35.6. The van der Waals surface area contributed by atoms with Crippen molar-refractivity contribution in [2.24, 2.45) is 0 Å². The second-order valence-corrected chi connectivity index (χ2v) is 6.51. The van der Waals surface area contributed by atoms with E-state index in [9.17, 15) is 8.42 Å². The molecule has 23 heavy (non-hydrogen) atoms. The lowest BCUT2D eigenvalue weighted by Crippen LogP contribution is -2.10. The first-order chi connectivity index (χ1) is 11.0. The molecule has 3 aromatic rings. The van der Waals surface area contributed by atoms with Crippen LogP contribution >= 0.6 is 0 Å². The second kappa shape index (κ2) is 5.89. The third-order valence-electron chi connectivity index (χ3n) is 3.45. The minimum Gasteiger partial charge on any atom is -0.497 e. The van der Waals surface area contributed by atoms with E-state index < -0.39 is 10.1 Å². The van der Waals surface area contributed by atoms with Crippen LogP contribution < -0.4 is 8.92 Å². The molecule has 0 aliphatic heterocycles. The number of nitrogens with zero attached hydrogens (tertiary/aromatic N) is 1. The number of ether oxygens (including phenoxy) is 1. The molecule has 0 atom stereocenters. The third-order valence-corrected chi connectivity index (χ3v) is 4.75. The molecule has 2 aromatic carbocycles. The second-order valence-electron chi connectivity index (χ2n) is 5.00. The Morgan fingerprint density at radius 3 is 2.57 bits per heavy atom. The molecule has 0 amide bonds. The Bertz CT molecular complexity index is 967. The average molecular weight is 329 g/mol. The molecule has 0 N–H and O–H groups in total. The van der Waals surface area contributed by atoms with Crippen LogP contribution in [0.25, 0.3) is 10.9 Å². The van der Waals surface area contributed by atoms with E-state index in [4.69, 9.17) is 8.92 Å². The molecule has 0 spiro atoms. The van der Waals surface area contributed by atoms with Crippen molar-refractivity contribution in [2.75, 3.05) is 7.11 Å². The predicted molar refractivity (Wildman–Crippen MR) is 87.3 cm³/mol. The topological polar surface area (TPSA) is 65.5 Å². The van der Waals surface area contributed by atoms with Crippen LogP contribution in [-0.4, -0.2) is 20.5 Å². The van der Waals surface area contributed by atoms with Crippen molar-refractivity contribution >= 4 is 21.0 Å². The van der Waals surface area contributed by atoms with Gasteiger partial charge in [0.2, 0.25) is 0 Å². The molecule has 1 heterocycles. The monoisotopic (exact) mass is 329 g/mol. The minimum atomic E-state index is -3.98. The fourth-order valence-corrected chi connectivity index (χ4v) is 3.45. The summed E-state index contributed by atoms with van der Waals surface area (Å²) in [6.45, 7) is 1.88. The van der Waals surface area contributed by atoms with Crippen LogP contribution in [0.1, 0.15) is 5.56 Å². The smallest absolute Gasteiger partial charge is 0.339 e. The number of hydrogen-bond acceptors (Lipinski definition) is 5. The van der Waals surface area contributed by atoms with Crippen LogP contribution in [0.2, 0.25) is 0 Å². The van der Waals surface area contributed by atoms with Crippen LogP contribution in [-0.2, 0) is 10.1 Å². The number of aryl methyl sites for hydroxylation is 1. The quantitative estimate of drug-likeness (QED) is 0.687. The van der Waals surface area contributed by atoms with Crippen molar-refractivity contribution in [3.63, 3.8) is 0 Å². The normalized spacial score (nSPS) is 11.4. The van der Waals surface area contributed by atoms with E-state index in [1.165, 1.54) is 19.2 Å². The Morgan fingerprint density at radius 2 is 1.78 bits per heavy atom. The van der Waals surface area contributed by atoms with E-state index in [2.05, 4.69) is 4.98 Å². The molecule has 0 saturated heterocycles. The molecule has 1 aromatic heterocycles. The van der Waals surface area contributed by atoms with Gasteiger partial charge in [0, 0.05) is 17.6 Å². The van der Waals surface area contributed by atoms with Gasteiger partial charge in [-0.3, -0.25) is 4.98 Å². The summed E-state index contributed by atoms with van der Waals surface area (Å²) in [7, 11) is -2.47. The summed E-state index contributed by atoms with van der Waals surface area (Å²) in [5.41, 5.74) is 1.55. The molecule has 0 aliphatic carbocycles. The fourth-order valence-electron chi connectivity index (χ4n) is 2.33. The van der Waals surface area contributed by atoms with Crippen LogP contribution in [0.5, 0.6) is 11.5 Å². The molecule has 0 bridgehead atoms. The summed E-state index contributed by atoms with van der Waals surface area (Å²) in [4.78, 5) is 4.34. The molecule has 0 saturated carbocycles. The number of methoxy groups -OCH3 is 1. The van der Waals surface area contributed by atoms with Crippen LogP contribution in [0.4, 0.5) is 0 Å². The van der Waals surface area contributed by atoms with Crippen molar-refractivity contribution in [3.05, 3.63) is 60.3 Å². The van der Waals surface area contributed by atoms with Gasteiger partial charge >= 0.3 is 10.1 Å². The highest BCUT2D eigenvalue weighted by Crippen LogP contribution is 2.28. The summed E-state index contributed by atoms with van der Waals surface area (Å²) in [5.74, 6) is 0.718. The first-order valence-corrected chi connectivity index (χ1v) is 8.35. The minimum absolute atomic E-state index is 0.0917. The zero-order valence-corrected chi connectivity index (χ0v) is 13.5. The SMILES string of the molecule is COc1cccc(OS(=O)(=O)c2ccc(C)c3ncccc23)c1. The van der Waals surface area contributed by atoms with E-state index >= 15 is 0 Å². The van der Waals surface area contributed by atoms with Crippen molar-refractivity contribution in [1.82, 2.24) is 4.98 Å². The first-order valence-electron chi connectivity index (χ1n) is 6.94. The maximum atomic E-state index is 12.6. The van der Waals surface area contributed by atoms with Crippen LogP contribution in [0.3, 0.4) is 0 Å². The molecule has 0 unspecified atom stereocenters. The number of rotatable bonds is 4. The third kappa shape index (κ3) is 2.98. The van der Waals surface area contributed by atoms with E-state index in [-0.39, 0.29) is 10.6 Å². The molecule has 3 rings (SSSR count). The van der Waals surface area contributed by atoms with Gasteiger partial charge < -0.3 is 8.92 Å². The number of fused-ring (bicyclic) bond motifs is 1. The molecule has 0 fully saturated rings. The van der Waals surface area contributed by atoms with E-state index in [1.54, 1.807) is 42.6 Å². The Morgan fingerprint density at radius 1 is 1.00 bits per heavy atom. The van der Waals surface area contributed by atoms with E-state index in [0.717, 1.165) is 5.56 Å². The van der Waals surface area contributed by atoms with E-state index in [1.807, 2.05) is 6.92 Å². The van der Waals surface area contributed by atoms with Crippen molar-refractivity contribution < 1.29 is 17.3 Å².